The molecule has 0 atom stereocenters. The van der Waals surface area contributed by atoms with Crippen LogP contribution in [0.15, 0.2) is 16.6 Å². The number of fused-ring (bicyclic) bond motifs is 1. The molecule has 1 aliphatic rings. The van der Waals surface area contributed by atoms with E-state index in [1.807, 2.05) is 13.8 Å². The fourth-order valence-corrected chi connectivity index (χ4v) is 1.85. The normalized spacial score (nSPS) is 18.0. The smallest absolute Gasteiger partial charge is 0.151 e. The average Bonchev–Trinajstić information content (AvgIpc) is 2.00. The maximum Gasteiger partial charge on any atom is 0.151 e. The molecule has 1 heterocycles. The highest BCUT2D eigenvalue weighted by molar-refractivity contribution is 9.10. The number of hydrogen-bond donors (Lipinski definition) is 1. The monoisotopic (exact) mass is 259 g/mol. The minimum Gasteiger partial charge on any atom is -0.484 e. The number of nitrogens with one attached hydrogen (secondary N) is 1. The molecule has 0 saturated heterocycles. The van der Waals surface area contributed by atoms with Crippen molar-refractivity contribution in [2.24, 2.45) is 0 Å². The second-order valence-electron chi connectivity index (χ2n) is 3.98. The first-order valence-corrected chi connectivity index (χ1v) is 5.19. The molecule has 14 heavy (non-hydrogen) atoms. The van der Waals surface area contributed by atoms with Gasteiger partial charge in [0.05, 0.1) is 6.54 Å². The summed E-state index contributed by atoms with van der Waals surface area (Å²) in [7, 11) is 0. The molecular weight excluding hydrogens is 249 g/mol. The maximum atomic E-state index is 13.4. The molecule has 0 bridgehead atoms. The van der Waals surface area contributed by atoms with Gasteiger partial charge in [-0.3, -0.25) is 0 Å². The molecule has 1 aromatic carbocycles. The first-order valence-electron chi connectivity index (χ1n) is 4.40. The van der Waals surface area contributed by atoms with Gasteiger partial charge in [-0.2, -0.15) is 0 Å². The summed E-state index contributed by atoms with van der Waals surface area (Å²) in [6.45, 7) is 4.53. The molecule has 0 aliphatic carbocycles. The van der Waals surface area contributed by atoms with Crippen LogP contribution in [0.1, 0.15) is 13.8 Å². The van der Waals surface area contributed by atoms with E-state index in [1.165, 1.54) is 6.07 Å². The number of benzene rings is 1. The number of halogens is 2. The molecule has 0 amide bonds. The van der Waals surface area contributed by atoms with Gasteiger partial charge in [0, 0.05) is 4.47 Å². The first kappa shape index (κ1) is 9.77. The molecule has 1 aromatic rings. The van der Waals surface area contributed by atoms with Crippen molar-refractivity contribution >= 4 is 21.6 Å². The summed E-state index contributed by atoms with van der Waals surface area (Å²) in [6.07, 6.45) is 0. The standard InChI is InChI=1S/C10H11BrFNO/c1-10(2)5-13-9-7(12)3-6(11)4-8(9)14-10/h3-4,13H,5H2,1-2H3. The quantitative estimate of drug-likeness (QED) is 0.773. The number of ether oxygens (including phenoxy) is 1. The lowest BCUT2D eigenvalue weighted by atomic mass is 10.1. The van der Waals surface area contributed by atoms with Crippen LogP contribution in [0.4, 0.5) is 10.1 Å². The molecule has 2 rings (SSSR count). The molecular formula is C10H11BrFNO. The van der Waals surface area contributed by atoms with Gasteiger partial charge in [0.1, 0.15) is 17.0 Å². The van der Waals surface area contributed by atoms with Crippen LogP contribution < -0.4 is 10.1 Å². The van der Waals surface area contributed by atoms with Gasteiger partial charge in [0.2, 0.25) is 0 Å². The van der Waals surface area contributed by atoms with E-state index < -0.39 is 0 Å². The number of rotatable bonds is 0. The van der Waals surface area contributed by atoms with E-state index >= 15 is 0 Å². The molecule has 1 N–H and O–H groups in total. The Morgan fingerprint density at radius 2 is 2.21 bits per heavy atom. The predicted octanol–water partition coefficient (Wildman–Crippen LogP) is 3.17. The van der Waals surface area contributed by atoms with Crippen molar-refractivity contribution in [3.63, 3.8) is 0 Å². The summed E-state index contributed by atoms with van der Waals surface area (Å²) in [6, 6.07) is 3.19. The zero-order chi connectivity index (χ0) is 10.3. The molecule has 0 fully saturated rings. The second kappa shape index (κ2) is 3.12. The van der Waals surface area contributed by atoms with Crippen LogP contribution >= 0.6 is 15.9 Å². The average molecular weight is 260 g/mol. The minimum atomic E-state index is -0.291. The third-order valence-corrected chi connectivity index (χ3v) is 2.55. The van der Waals surface area contributed by atoms with Gasteiger partial charge < -0.3 is 10.1 Å². The summed E-state index contributed by atoms with van der Waals surface area (Å²) in [5.74, 6) is 0.276. The molecule has 0 spiro atoms. The van der Waals surface area contributed by atoms with Gasteiger partial charge >= 0.3 is 0 Å². The van der Waals surface area contributed by atoms with Crippen LogP contribution in [-0.2, 0) is 0 Å². The zero-order valence-corrected chi connectivity index (χ0v) is 9.61. The van der Waals surface area contributed by atoms with E-state index in [0.29, 0.717) is 22.5 Å². The Hall–Kier alpha value is -0.770. The molecule has 2 nitrogen and oxygen atoms in total. The largest absolute Gasteiger partial charge is 0.484 e. The molecule has 1 aliphatic heterocycles. The van der Waals surface area contributed by atoms with Crippen molar-refractivity contribution < 1.29 is 9.13 Å². The summed E-state index contributed by atoms with van der Waals surface area (Å²) in [4.78, 5) is 0. The topological polar surface area (TPSA) is 21.3 Å². The van der Waals surface area contributed by atoms with Crippen molar-refractivity contribution in [2.75, 3.05) is 11.9 Å². The lowest BCUT2D eigenvalue weighted by Crippen LogP contribution is -2.40. The van der Waals surface area contributed by atoms with E-state index in [9.17, 15) is 4.39 Å². The fraction of sp³-hybridized carbons (Fsp3) is 0.400. The Balaban J connectivity index is 2.47. The van der Waals surface area contributed by atoms with Gasteiger partial charge in [-0.05, 0) is 26.0 Å². The van der Waals surface area contributed by atoms with Crippen LogP contribution in [0.3, 0.4) is 0 Å². The highest BCUT2D eigenvalue weighted by Gasteiger charge is 2.28. The van der Waals surface area contributed by atoms with Gasteiger partial charge in [0.15, 0.2) is 5.82 Å². The first-order chi connectivity index (χ1) is 6.48. The summed E-state index contributed by atoms with van der Waals surface area (Å²) in [5.41, 5.74) is 0.160. The SMILES string of the molecule is CC1(C)CNc2c(F)cc(Br)cc2O1. The third-order valence-electron chi connectivity index (χ3n) is 2.10. The molecule has 0 unspecified atom stereocenters. The van der Waals surface area contributed by atoms with Gasteiger partial charge in [0.25, 0.3) is 0 Å². The Morgan fingerprint density at radius 1 is 1.50 bits per heavy atom. The lowest BCUT2D eigenvalue weighted by molar-refractivity contribution is 0.115. The van der Waals surface area contributed by atoms with Crippen LogP contribution in [0.2, 0.25) is 0 Å². The maximum absolute atomic E-state index is 13.4. The van der Waals surface area contributed by atoms with Crippen LogP contribution in [-0.4, -0.2) is 12.1 Å². The molecule has 4 heteroatoms. The Kier molecular flexibility index (Phi) is 2.18. The Morgan fingerprint density at radius 3 is 2.93 bits per heavy atom. The molecule has 0 saturated carbocycles. The van der Waals surface area contributed by atoms with Crippen LogP contribution in [0, 0.1) is 5.82 Å². The molecule has 0 aromatic heterocycles. The van der Waals surface area contributed by atoms with E-state index in [0.717, 1.165) is 0 Å². The van der Waals surface area contributed by atoms with Crippen molar-refractivity contribution in [1.82, 2.24) is 0 Å². The van der Waals surface area contributed by atoms with E-state index in [4.69, 9.17) is 4.74 Å². The van der Waals surface area contributed by atoms with Crippen LogP contribution in [0.5, 0.6) is 5.75 Å². The van der Waals surface area contributed by atoms with E-state index in [2.05, 4.69) is 21.2 Å². The van der Waals surface area contributed by atoms with Crippen molar-refractivity contribution in [3.8, 4) is 5.75 Å². The predicted molar refractivity (Wildman–Crippen MR) is 57.3 cm³/mol. The summed E-state index contributed by atoms with van der Waals surface area (Å²) < 4.78 is 19.7. The van der Waals surface area contributed by atoms with Gasteiger partial charge in [-0.25, -0.2) is 4.39 Å². The van der Waals surface area contributed by atoms with Crippen molar-refractivity contribution in [2.45, 2.75) is 19.4 Å². The van der Waals surface area contributed by atoms with Crippen LogP contribution in [0.25, 0.3) is 0 Å². The summed E-state index contributed by atoms with van der Waals surface area (Å²) >= 11 is 3.23. The van der Waals surface area contributed by atoms with Crippen molar-refractivity contribution in [3.05, 3.63) is 22.4 Å². The third kappa shape index (κ3) is 1.71. The van der Waals surface area contributed by atoms with Gasteiger partial charge in [-0.15, -0.1) is 0 Å². The fourth-order valence-electron chi connectivity index (χ4n) is 1.44. The Bertz CT molecular complexity index is 379. The van der Waals surface area contributed by atoms with E-state index in [-0.39, 0.29) is 11.4 Å². The number of anilines is 1. The minimum absolute atomic E-state index is 0.287. The second-order valence-corrected chi connectivity index (χ2v) is 4.89. The van der Waals surface area contributed by atoms with Crippen molar-refractivity contribution in [1.29, 1.82) is 0 Å². The number of hydrogen-bond acceptors (Lipinski definition) is 2. The lowest BCUT2D eigenvalue weighted by Gasteiger charge is -2.33. The zero-order valence-electron chi connectivity index (χ0n) is 8.03. The Labute approximate surface area is 90.6 Å². The highest BCUT2D eigenvalue weighted by Crippen LogP contribution is 2.37. The molecule has 76 valence electrons. The summed E-state index contributed by atoms with van der Waals surface area (Å²) in [5, 5.41) is 3.03. The van der Waals surface area contributed by atoms with Gasteiger partial charge in [-0.1, -0.05) is 15.9 Å². The van der Waals surface area contributed by atoms with E-state index in [1.54, 1.807) is 6.07 Å². The molecule has 0 radical (unpaired) electrons. The highest BCUT2D eigenvalue weighted by atomic mass is 79.9.